The summed E-state index contributed by atoms with van der Waals surface area (Å²) in [6.07, 6.45) is -3.75. The van der Waals surface area contributed by atoms with Crippen LogP contribution in [0.15, 0.2) is 48.5 Å². The van der Waals surface area contributed by atoms with Gasteiger partial charge in [0.1, 0.15) is 6.61 Å². The van der Waals surface area contributed by atoms with E-state index in [1.807, 2.05) is 48.5 Å². The van der Waals surface area contributed by atoms with Gasteiger partial charge < -0.3 is 14.7 Å². The number of alkyl halides is 2. The topological polar surface area (TPSA) is 49.8 Å². The normalized spacial score (nSPS) is 14.0. The summed E-state index contributed by atoms with van der Waals surface area (Å²) in [7, 11) is 1.27. The van der Waals surface area contributed by atoms with Crippen molar-refractivity contribution in [2.45, 2.75) is 24.8 Å². The first kappa shape index (κ1) is 18.3. The van der Waals surface area contributed by atoms with Gasteiger partial charge in [0.25, 0.3) is 6.43 Å². The number of aliphatic hydroxyl groups is 1. The molecule has 0 aliphatic heterocycles. The molecule has 1 aliphatic carbocycles. The number of aliphatic hydroxyl groups excluding tert-OH is 1. The molecule has 1 unspecified atom stereocenters. The first-order valence-corrected chi connectivity index (χ1v) is 8.51. The summed E-state index contributed by atoms with van der Waals surface area (Å²) in [4.78, 5) is 13.1. The van der Waals surface area contributed by atoms with E-state index in [1.165, 1.54) is 7.05 Å². The molecule has 0 aromatic heterocycles. The molecule has 0 saturated carbocycles. The number of ether oxygens (including phenoxy) is 1. The number of nitrogens with zero attached hydrogens (tertiary/aromatic N) is 1. The first-order chi connectivity index (χ1) is 12.5. The van der Waals surface area contributed by atoms with E-state index in [4.69, 9.17) is 9.84 Å². The molecule has 1 aliphatic rings. The van der Waals surface area contributed by atoms with Crippen LogP contribution in [-0.2, 0) is 4.74 Å². The van der Waals surface area contributed by atoms with E-state index in [-0.39, 0.29) is 18.9 Å². The Balaban J connectivity index is 1.74. The maximum absolute atomic E-state index is 13.1. The van der Waals surface area contributed by atoms with E-state index in [2.05, 4.69) is 0 Å². The van der Waals surface area contributed by atoms with Crippen molar-refractivity contribution in [2.75, 3.05) is 20.3 Å². The smallest absolute Gasteiger partial charge is 0.409 e. The predicted octanol–water partition coefficient (Wildman–Crippen LogP) is 3.88. The van der Waals surface area contributed by atoms with Crippen molar-refractivity contribution in [1.82, 2.24) is 4.90 Å². The second-order valence-corrected chi connectivity index (χ2v) is 6.33. The third-order valence-electron chi connectivity index (χ3n) is 4.84. The number of carbonyl (C=O) groups excluding carboxylic acids is 1. The summed E-state index contributed by atoms with van der Waals surface area (Å²) in [5, 5.41) is 8.93. The van der Waals surface area contributed by atoms with E-state index in [0.29, 0.717) is 0 Å². The molecule has 138 valence electrons. The number of hydrogen-bond donors (Lipinski definition) is 1. The second-order valence-electron chi connectivity index (χ2n) is 6.33. The SMILES string of the molecule is CN(C(=O)OCC1c2ccccc2-c2ccccc21)C(CCO)C(F)F. The summed E-state index contributed by atoms with van der Waals surface area (Å²) in [6.45, 7) is -0.345. The molecule has 6 heteroatoms. The Labute approximate surface area is 151 Å². The van der Waals surface area contributed by atoms with Crippen molar-refractivity contribution >= 4 is 6.09 Å². The van der Waals surface area contributed by atoms with Crippen LogP contribution >= 0.6 is 0 Å². The summed E-state index contributed by atoms with van der Waals surface area (Å²) in [5.41, 5.74) is 4.32. The molecule has 2 aromatic carbocycles. The lowest BCUT2D eigenvalue weighted by Crippen LogP contribution is -2.42. The van der Waals surface area contributed by atoms with Crippen molar-refractivity contribution in [1.29, 1.82) is 0 Å². The van der Waals surface area contributed by atoms with Crippen LogP contribution in [0.3, 0.4) is 0 Å². The molecule has 0 spiro atoms. The van der Waals surface area contributed by atoms with E-state index in [1.54, 1.807) is 0 Å². The maximum atomic E-state index is 13.1. The highest BCUT2D eigenvalue weighted by molar-refractivity contribution is 5.79. The molecule has 0 saturated heterocycles. The van der Waals surface area contributed by atoms with Gasteiger partial charge in [-0.2, -0.15) is 0 Å². The third kappa shape index (κ3) is 3.42. The van der Waals surface area contributed by atoms with Gasteiger partial charge >= 0.3 is 6.09 Å². The van der Waals surface area contributed by atoms with Crippen molar-refractivity contribution in [3.8, 4) is 11.1 Å². The summed E-state index contributed by atoms with van der Waals surface area (Å²) in [6, 6.07) is 14.4. The molecular formula is C20H21F2NO3. The first-order valence-electron chi connectivity index (χ1n) is 8.51. The molecule has 26 heavy (non-hydrogen) atoms. The lowest BCUT2D eigenvalue weighted by atomic mass is 9.98. The van der Waals surface area contributed by atoms with Crippen molar-refractivity contribution in [3.05, 3.63) is 59.7 Å². The van der Waals surface area contributed by atoms with Crippen LogP contribution < -0.4 is 0 Å². The van der Waals surface area contributed by atoms with Crippen LogP contribution in [0, 0.1) is 0 Å². The molecule has 4 nitrogen and oxygen atoms in total. The number of carbonyl (C=O) groups is 1. The number of halogens is 2. The van der Waals surface area contributed by atoms with Gasteiger partial charge in [-0.3, -0.25) is 0 Å². The second kappa shape index (κ2) is 7.83. The van der Waals surface area contributed by atoms with Crippen molar-refractivity contribution in [3.63, 3.8) is 0 Å². The molecule has 0 heterocycles. The van der Waals surface area contributed by atoms with Gasteiger partial charge in [0, 0.05) is 19.6 Å². The summed E-state index contributed by atoms with van der Waals surface area (Å²) < 4.78 is 31.5. The largest absolute Gasteiger partial charge is 0.448 e. The predicted molar refractivity (Wildman–Crippen MR) is 94.3 cm³/mol. The Morgan fingerprint density at radius 3 is 2.15 bits per heavy atom. The van der Waals surface area contributed by atoms with Gasteiger partial charge in [-0.25, -0.2) is 13.6 Å². The lowest BCUT2D eigenvalue weighted by molar-refractivity contribution is 0.0166. The van der Waals surface area contributed by atoms with Gasteiger partial charge in [-0.05, 0) is 28.7 Å². The highest BCUT2D eigenvalue weighted by atomic mass is 19.3. The third-order valence-corrected chi connectivity index (χ3v) is 4.84. The number of amides is 1. The fourth-order valence-corrected chi connectivity index (χ4v) is 3.45. The zero-order valence-corrected chi connectivity index (χ0v) is 14.4. The van der Waals surface area contributed by atoms with Crippen LogP contribution in [-0.4, -0.2) is 48.8 Å². The standard InChI is InChI=1S/C20H21F2NO3/c1-23(18(10-11-24)19(21)22)20(25)26-12-17-15-8-4-2-6-13(15)14-7-3-5-9-16(14)17/h2-9,17-19,24H,10-12H2,1H3. The van der Waals surface area contributed by atoms with Gasteiger partial charge in [0.05, 0.1) is 6.04 Å². The van der Waals surface area contributed by atoms with E-state index >= 15 is 0 Å². The molecule has 2 aromatic rings. The van der Waals surface area contributed by atoms with Crippen LogP contribution in [0.4, 0.5) is 13.6 Å². The number of benzene rings is 2. The minimum Gasteiger partial charge on any atom is -0.448 e. The average molecular weight is 361 g/mol. The molecule has 1 amide bonds. The minimum absolute atomic E-state index is 0.0757. The highest BCUT2D eigenvalue weighted by Crippen LogP contribution is 2.44. The molecule has 0 bridgehead atoms. The Morgan fingerprint density at radius 1 is 1.12 bits per heavy atom. The van der Waals surface area contributed by atoms with Gasteiger partial charge in [0.2, 0.25) is 0 Å². The number of hydrogen-bond acceptors (Lipinski definition) is 3. The Bertz CT molecular complexity index is 736. The summed E-state index contributed by atoms with van der Waals surface area (Å²) in [5.74, 6) is -0.123. The lowest BCUT2D eigenvalue weighted by Gasteiger charge is -2.27. The fraction of sp³-hybridized carbons (Fsp3) is 0.350. The molecule has 1 atom stereocenters. The van der Waals surface area contributed by atoms with Crippen LogP contribution in [0.5, 0.6) is 0 Å². The van der Waals surface area contributed by atoms with E-state index < -0.39 is 25.2 Å². The maximum Gasteiger partial charge on any atom is 0.409 e. The Morgan fingerprint density at radius 2 is 1.65 bits per heavy atom. The molecular weight excluding hydrogens is 340 g/mol. The van der Waals surface area contributed by atoms with Gasteiger partial charge in [0.15, 0.2) is 0 Å². The van der Waals surface area contributed by atoms with Crippen LogP contribution in [0.25, 0.3) is 11.1 Å². The van der Waals surface area contributed by atoms with Crippen molar-refractivity contribution in [2.24, 2.45) is 0 Å². The van der Waals surface area contributed by atoms with Crippen LogP contribution in [0.1, 0.15) is 23.5 Å². The minimum atomic E-state index is -2.74. The number of fused-ring (bicyclic) bond motifs is 3. The Hall–Kier alpha value is -2.47. The molecule has 1 N–H and O–H groups in total. The molecule has 0 radical (unpaired) electrons. The Kier molecular flexibility index (Phi) is 5.52. The van der Waals surface area contributed by atoms with Crippen LogP contribution in [0.2, 0.25) is 0 Å². The number of rotatable bonds is 6. The van der Waals surface area contributed by atoms with E-state index in [0.717, 1.165) is 27.2 Å². The zero-order chi connectivity index (χ0) is 18.7. The fourth-order valence-electron chi connectivity index (χ4n) is 3.45. The quantitative estimate of drug-likeness (QED) is 0.849. The van der Waals surface area contributed by atoms with Gasteiger partial charge in [-0.15, -0.1) is 0 Å². The van der Waals surface area contributed by atoms with E-state index in [9.17, 15) is 13.6 Å². The van der Waals surface area contributed by atoms with Crippen molar-refractivity contribution < 1.29 is 23.4 Å². The highest BCUT2D eigenvalue weighted by Gasteiger charge is 2.32. The van der Waals surface area contributed by atoms with Gasteiger partial charge in [-0.1, -0.05) is 48.5 Å². The average Bonchev–Trinajstić information content (AvgIpc) is 2.97. The molecule has 3 rings (SSSR count). The molecule has 0 fully saturated rings. The monoisotopic (exact) mass is 361 g/mol. The zero-order valence-electron chi connectivity index (χ0n) is 14.4. The summed E-state index contributed by atoms with van der Waals surface area (Å²) >= 11 is 0.